The van der Waals surface area contributed by atoms with Gasteiger partial charge in [-0.15, -0.1) is 23.1 Å². The summed E-state index contributed by atoms with van der Waals surface area (Å²) in [5, 5.41) is 6.75. The number of halogens is 1. The van der Waals surface area contributed by atoms with Gasteiger partial charge in [-0.3, -0.25) is 0 Å². The molecule has 0 saturated carbocycles. The highest BCUT2D eigenvalue weighted by atomic mass is 35.5. The Bertz CT molecular complexity index is 682. The molecule has 0 amide bonds. The maximum Gasteiger partial charge on any atom is 0.268 e. The van der Waals surface area contributed by atoms with Gasteiger partial charge in [0.25, 0.3) is 5.89 Å². The Morgan fingerprint density at radius 1 is 1.20 bits per heavy atom. The van der Waals surface area contributed by atoms with Crippen LogP contribution in [0, 0.1) is 0 Å². The highest BCUT2D eigenvalue weighted by molar-refractivity contribution is 7.97. The number of rotatable bonds is 5. The molecule has 0 radical (unpaired) electrons. The van der Waals surface area contributed by atoms with Gasteiger partial charge in [0.05, 0.1) is 10.6 Å². The van der Waals surface area contributed by atoms with Gasteiger partial charge in [-0.05, 0) is 29.1 Å². The lowest BCUT2D eigenvalue weighted by Gasteiger charge is -1.99. The van der Waals surface area contributed by atoms with Crippen LogP contribution in [0.1, 0.15) is 11.4 Å². The Labute approximate surface area is 130 Å². The highest BCUT2D eigenvalue weighted by Gasteiger charge is 2.09. The van der Waals surface area contributed by atoms with Crippen molar-refractivity contribution in [1.29, 1.82) is 0 Å². The second-order valence-electron chi connectivity index (χ2n) is 4.12. The van der Waals surface area contributed by atoms with Crippen molar-refractivity contribution in [3.63, 3.8) is 0 Å². The molecule has 102 valence electrons. The summed E-state index contributed by atoms with van der Waals surface area (Å²) >= 11 is 9.29. The molecule has 0 atom stereocenters. The van der Waals surface area contributed by atoms with Crippen LogP contribution >= 0.6 is 34.7 Å². The minimum atomic E-state index is 0.596. The van der Waals surface area contributed by atoms with E-state index >= 15 is 0 Å². The second kappa shape index (κ2) is 6.43. The van der Waals surface area contributed by atoms with E-state index in [1.54, 1.807) is 23.1 Å². The van der Waals surface area contributed by atoms with Crippen LogP contribution in [0.15, 0.2) is 46.3 Å². The summed E-state index contributed by atoms with van der Waals surface area (Å²) in [6.07, 6.45) is 0. The van der Waals surface area contributed by atoms with Crippen LogP contribution in [0.4, 0.5) is 0 Å². The molecular weight excluding hydrogens is 312 g/mol. The smallest absolute Gasteiger partial charge is 0.268 e. The molecule has 0 aliphatic rings. The quantitative estimate of drug-likeness (QED) is 0.670. The van der Waals surface area contributed by atoms with Gasteiger partial charge in [0.2, 0.25) is 0 Å². The van der Waals surface area contributed by atoms with Gasteiger partial charge in [-0.2, -0.15) is 4.98 Å². The maximum atomic E-state index is 5.95. The Hall–Kier alpha value is -1.30. The Morgan fingerprint density at radius 2 is 2.15 bits per heavy atom. The van der Waals surface area contributed by atoms with Crippen molar-refractivity contribution < 1.29 is 4.52 Å². The van der Waals surface area contributed by atoms with E-state index in [4.69, 9.17) is 16.1 Å². The molecule has 0 bridgehead atoms. The van der Waals surface area contributed by atoms with Crippen LogP contribution in [-0.4, -0.2) is 10.1 Å². The molecule has 3 nitrogen and oxygen atoms in total. The van der Waals surface area contributed by atoms with E-state index in [2.05, 4.69) is 16.2 Å². The summed E-state index contributed by atoms with van der Waals surface area (Å²) < 4.78 is 5.25. The zero-order valence-corrected chi connectivity index (χ0v) is 12.8. The molecule has 0 spiro atoms. The summed E-state index contributed by atoms with van der Waals surface area (Å²) in [7, 11) is 0. The van der Waals surface area contributed by atoms with Crippen molar-refractivity contribution in [2.75, 3.05) is 0 Å². The van der Waals surface area contributed by atoms with Crippen LogP contribution in [0.25, 0.3) is 10.8 Å². The molecule has 0 unspecified atom stereocenters. The summed E-state index contributed by atoms with van der Waals surface area (Å²) in [4.78, 5) is 5.39. The first-order chi connectivity index (χ1) is 9.81. The predicted molar refractivity (Wildman–Crippen MR) is 84.1 cm³/mol. The second-order valence-corrected chi connectivity index (χ2v) is 6.49. The first-order valence-corrected chi connectivity index (χ1v) is 8.41. The number of thioether (sulfide) groups is 1. The molecule has 0 fully saturated rings. The predicted octanol–water partition coefficient (Wildman–Crippen LogP) is 4.88. The molecule has 0 saturated heterocycles. The molecule has 3 aromatic rings. The van der Waals surface area contributed by atoms with Crippen molar-refractivity contribution in [3.8, 4) is 10.8 Å². The van der Waals surface area contributed by atoms with Gasteiger partial charge in [-0.25, -0.2) is 0 Å². The van der Waals surface area contributed by atoms with Gasteiger partial charge in [0.15, 0.2) is 5.82 Å². The van der Waals surface area contributed by atoms with Crippen molar-refractivity contribution in [2.45, 2.75) is 11.5 Å². The average Bonchev–Trinajstić information content (AvgIpc) is 3.09. The third-order valence-corrected chi connectivity index (χ3v) is 4.68. The fourth-order valence-corrected chi connectivity index (χ4v) is 3.37. The molecule has 0 N–H and O–H groups in total. The van der Waals surface area contributed by atoms with E-state index in [-0.39, 0.29) is 0 Å². The Balaban J connectivity index is 1.57. The number of benzene rings is 1. The van der Waals surface area contributed by atoms with Crippen LogP contribution in [0.2, 0.25) is 5.02 Å². The first kappa shape index (κ1) is 13.7. The van der Waals surface area contributed by atoms with E-state index in [0.29, 0.717) is 5.89 Å². The SMILES string of the molecule is Clc1cccc(CSCc2noc(-c3cccs3)n2)c1. The van der Waals surface area contributed by atoms with E-state index in [1.165, 1.54) is 5.56 Å². The van der Waals surface area contributed by atoms with Crippen molar-refractivity contribution in [1.82, 2.24) is 10.1 Å². The number of nitrogens with zero attached hydrogens (tertiary/aromatic N) is 2. The summed E-state index contributed by atoms with van der Waals surface area (Å²) in [6.45, 7) is 0. The zero-order valence-electron chi connectivity index (χ0n) is 10.5. The number of hydrogen-bond acceptors (Lipinski definition) is 5. The average molecular weight is 323 g/mol. The van der Waals surface area contributed by atoms with E-state index in [1.807, 2.05) is 35.7 Å². The minimum Gasteiger partial charge on any atom is -0.333 e. The molecule has 0 aliphatic carbocycles. The minimum absolute atomic E-state index is 0.596. The number of aromatic nitrogens is 2. The largest absolute Gasteiger partial charge is 0.333 e. The van der Waals surface area contributed by atoms with Crippen LogP contribution in [0.5, 0.6) is 0 Å². The molecule has 1 aromatic carbocycles. The van der Waals surface area contributed by atoms with E-state index in [0.717, 1.165) is 27.2 Å². The number of hydrogen-bond donors (Lipinski definition) is 0. The summed E-state index contributed by atoms with van der Waals surface area (Å²) in [6, 6.07) is 11.8. The van der Waals surface area contributed by atoms with Crippen molar-refractivity contribution in [2.24, 2.45) is 0 Å². The zero-order chi connectivity index (χ0) is 13.8. The van der Waals surface area contributed by atoms with Gasteiger partial charge < -0.3 is 4.52 Å². The third kappa shape index (κ3) is 3.42. The first-order valence-electron chi connectivity index (χ1n) is 6.00. The summed E-state index contributed by atoms with van der Waals surface area (Å²) in [5.74, 6) is 2.92. The molecule has 2 heterocycles. The molecular formula is C14H11ClN2OS2. The molecule has 3 rings (SSSR count). The Morgan fingerprint density at radius 3 is 2.95 bits per heavy atom. The lowest BCUT2D eigenvalue weighted by molar-refractivity contribution is 0.426. The molecule has 6 heteroatoms. The Kier molecular flexibility index (Phi) is 4.40. The van der Waals surface area contributed by atoms with Crippen LogP contribution < -0.4 is 0 Å². The van der Waals surface area contributed by atoms with E-state index < -0.39 is 0 Å². The van der Waals surface area contributed by atoms with Gasteiger partial charge in [-0.1, -0.05) is 35.0 Å². The summed E-state index contributed by atoms with van der Waals surface area (Å²) in [5.41, 5.74) is 1.20. The normalized spacial score (nSPS) is 10.8. The maximum absolute atomic E-state index is 5.95. The monoisotopic (exact) mass is 322 g/mol. The van der Waals surface area contributed by atoms with Crippen molar-refractivity contribution in [3.05, 3.63) is 58.2 Å². The van der Waals surface area contributed by atoms with Crippen LogP contribution in [0.3, 0.4) is 0 Å². The number of thiophene rings is 1. The van der Waals surface area contributed by atoms with Crippen molar-refractivity contribution >= 4 is 34.7 Å². The fourth-order valence-electron chi connectivity index (χ4n) is 1.70. The molecule has 20 heavy (non-hydrogen) atoms. The van der Waals surface area contributed by atoms with E-state index in [9.17, 15) is 0 Å². The fraction of sp³-hybridized carbons (Fsp3) is 0.143. The van der Waals surface area contributed by atoms with Gasteiger partial charge in [0.1, 0.15) is 0 Å². The lowest BCUT2D eigenvalue weighted by Crippen LogP contribution is -1.86. The topological polar surface area (TPSA) is 38.9 Å². The molecule has 0 aliphatic heterocycles. The third-order valence-electron chi connectivity index (χ3n) is 2.59. The standard InChI is InChI=1S/C14H11ClN2OS2/c15-11-4-1-3-10(7-11)8-19-9-13-16-14(18-17-13)12-5-2-6-20-12/h1-7H,8-9H2. The van der Waals surface area contributed by atoms with Crippen LogP contribution in [-0.2, 0) is 11.5 Å². The van der Waals surface area contributed by atoms with Gasteiger partial charge >= 0.3 is 0 Å². The highest BCUT2D eigenvalue weighted by Crippen LogP contribution is 2.24. The lowest BCUT2D eigenvalue weighted by atomic mass is 10.2. The molecule has 2 aromatic heterocycles. The van der Waals surface area contributed by atoms with Gasteiger partial charge in [0, 0.05) is 10.8 Å².